The molecule has 6 heteroatoms. The van der Waals surface area contributed by atoms with Gasteiger partial charge in [0.25, 0.3) is 5.91 Å². The standard InChI is InChI=1S/C15H23BrN2O3/c1-5-20-12-7-10(8-17)6-11(16)14(12)21-9-13(19)18-15(2,3)4/h6-7H,5,8-9,17H2,1-4H3,(H,18,19). The van der Waals surface area contributed by atoms with Gasteiger partial charge in [-0.1, -0.05) is 0 Å². The van der Waals surface area contributed by atoms with E-state index in [1.807, 2.05) is 39.8 Å². The van der Waals surface area contributed by atoms with Gasteiger partial charge in [-0.15, -0.1) is 0 Å². The molecule has 1 rings (SSSR count). The molecule has 0 saturated carbocycles. The van der Waals surface area contributed by atoms with Gasteiger partial charge in [-0.05, 0) is 61.3 Å². The summed E-state index contributed by atoms with van der Waals surface area (Å²) in [6.45, 7) is 8.49. The lowest BCUT2D eigenvalue weighted by Gasteiger charge is -2.21. The van der Waals surface area contributed by atoms with E-state index >= 15 is 0 Å². The van der Waals surface area contributed by atoms with Crippen molar-refractivity contribution in [2.75, 3.05) is 13.2 Å². The monoisotopic (exact) mass is 358 g/mol. The van der Waals surface area contributed by atoms with Gasteiger partial charge in [0.2, 0.25) is 0 Å². The van der Waals surface area contributed by atoms with E-state index < -0.39 is 0 Å². The van der Waals surface area contributed by atoms with Crippen molar-refractivity contribution in [2.24, 2.45) is 5.73 Å². The minimum Gasteiger partial charge on any atom is -0.490 e. The van der Waals surface area contributed by atoms with Crippen molar-refractivity contribution in [3.63, 3.8) is 0 Å². The van der Waals surface area contributed by atoms with Crippen molar-refractivity contribution >= 4 is 21.8 Å². The Hall–Kier alpha value is -1.27. The highest BCUT2D eigenvalue weighted by molar-refractivity contribution is 9.10. The van der Waals surface area contributed by atoms with Crippen LogP contribution in [0.5, 0.6) is 11.5 Å². The average Bonchev–Trinajstić information content (AvgIpc) is 2.35. The van der Waals surface area contributed by atoms with E-state index in [4.69, 9.17) is 15.2 Å². The van der Waals surface area contributed by atoms with Crippen LogP contribution in [0.2, 0.25) is 0 Å². The van der Waals surface area contributed by atoms with Crippen LogP contribution in [0.25, 0.3) is 0 Å². The molecule has 0 aliphatic rings. The van der Waals surface area contributed by atoms with E-state index in [-0.39, 0.29) is 18.1 Å². The van der Waals surface area contributed by atoms with Crippen molar-refractivity contribution < 1.29 is 14.3 Å². The fraction of sp³-hybridized carbons (Fsp3) is 0.533. The zero-order valence-corrected chi connectivity index (χ0v) is 14.5. The summed E-state index contributed by atoms with van der Waals surface area (Å²) in [6, 6.07) is 3.69. The van der Waals surface area contributed by atoms with E-state index in [0.29, 0.717) is 24.7 Å². The van der Waals surface area contributed by atoms with Gasteiger partial charge in [0.15, 0.2) is 18.1 Å². The molecule has 0 aromatic heterocycles. The van der Waals surface area contributed by atoms with Gasteiger partial charge in [0.1, 0.15) is 0 Å². The molecule has 118 valence electrons. The second-order valence-corrected chi connectivity index (χ2v) is 6.48. The number of hydrogen-bond donors (Lipinski definition) is 2. The molecule has 0 unspecified atom stereocenters. The van der Waals surface area contributed by atoms with Crippen LogP contribution < -0.4 is 20.5 Å². The summed E-state index contributed by atoms with van der Waals surface area (Å²) in [5, 5.41) is 2.84. The summed E-state index contributed by atoms with van der Waals surface area (Å²) in [5.74, 6) is 0.911. The van der Waals surface area contributed by atoms with Gasteiger partial charge in [-0.3, -0.25) is 4.79 Å². The first-order chi connectivity index (χ1) is 9.76. The van der Waals surface area contributed by atoms with Crippen molar-refractivity contribution in [3.05, 3.63) is 22.2 Å². The SMILES string of the molecule is CCOc1cc(CN)cc(Br)c1OCC(=O)NC(C)(C)C. The molecule has 0 bridgehead atoms. The van der Waals surface area contributed by atoms with Gasteiger partial charge in [0, 0.05) is 12.1 Å². The number of nitrogens with two attached hydrogens (primary N) is 1. The number of benzene rings is 1. The van der Waals surface area contributed by atoms with Gasteiger partial charge in [-0.2, -0.15) is 0 Å². The molecule has 0 atom stereocenters. The molecule has 5 nitrogen and oxygen atoms in total. The molecule has 1 aromatic rings. The van der Waals surface area contributed by atoms with Crippen LogP contribution >= 0.6 is 15.9 Å². The number of ether oxygens (including phenoxy) is 2. The van der Waals surface area contributed by atoms with E-state index in [1.54, 1.807) is 0 Å². The number of carbonyl (C=O) groups is 1. The third kappa shape index (κ3) is 5.93. The van der Waals surface area contributed by atoms with Crippen LogP contribution in [0.3, 0.4) is 0 Å². The minimum absolute atomic E-state index is 0.0715. The number of amides is 1. The lowest BCUT2D eigenvalue weighted by atomic mass is 10.1. The molecule has 0 aliphatic carbocycles. The first-order valence-electron chi connectivity index (χ1n) is 6.86. The molecule has 0 spiro atoms. The first-order valence-corrected chi connectivity index (χ1v) is 7.65. The van der Waals surface area contributed by atoms with E-state index in [1.165, 1.54) is 0 Å². The number of hydrogen-bond acceptors (Lipinski definition) is 4. The van der Waals surface area contributed by atoms with Crippen molar-refractivity contribution in [3.8, 4) is 11.5 Å². The van der Waals surface area contributed by atoms with Gasteiger partial charge in [-0.25, -0.2) is 0 Å². The highest BCUT2D eigenvalue weighted by Crippen LogP contribution is 2.36. The smallest absolute Gasteiger partial charge is 0.258 e. The summed E-state index contributed by atoms with van der Waals surface area (Å²) in [5.41, 5.74) is 6.28. The van der Waals surface area contributed by atoms with Gasteiger partial charge >= 0.3 is 0 Å². The van der Waals surface area contributed by atoms with Crippen molar-refractivity contribution in [2.45, 2.75) is 39.8 Å². The van der Waals surface area contributed by atoms with Crippen molar-refractivity contribution in [1.29, 1.82) is 0 Å². The predicted molar refractivity (Wildman–Crippen MR) is 86.6 cm³/mol. The van der Waals surface area contributed by atoms with Crippen LogP contribution in [0.15, 0.2) is 16.6 Å². The molecule has 21 heavy (non-hydrogen) atoms. The molecular weight excluding hydrogens is 336 g/mol. The third-order valence-electron chi connectivity index (χ3n) is 2.47. The Bertz CT molecular complexity index is 498. The largest absolute Gasteiger partial charge is 0.490 e. The number of carbonyl (C=O) groups excluding carboxylic acids is 1. The summed E-state index contributed by atoms with van der Waals surface area (Å²) < 4.78 is 11.9. The van der Waals surface area contributed by atoms with Crippen LogP contribution in [-0.2, 0) is 11.3 Å². The Balaban J connectivity index is 2.84. The summed E-state index contributed by atoms with van der Waals surface area (Å²) in [6.07, 6.45) is 0. The van der Waals surface area contributed by atoms with Crippen LogP contribution in [0.4, 0.5) is 0 Å². The Labute approximate surface area is 134 Å². The average molecular weight is 359 g/mol. The molecule has 0 heterocycles. The number of nitrogens with one attached hydrogen (secondary N) is 1. The van der Waals surface area contributed by atoms with E-state index in [2.05, 4.69) is 21.2 Å². The van der Waals surface area contributed by atoms with Gasteiger partial charge in [0.05, 0.1) is 11.1 Å². The Kier molecular flexibility index (Phi) is 6.48. The molecule has 1 aromatic carbocycles. The third-order valence-corrected chi connectivity index (χ3v) is 3.06. The topological polar surface area (TPSA) is 73.6 Å². The quantitative estimate of drug-likeness (QED) is 0.819. The van der Waals surface area contributed by atoms with E-state index in [0.717, 1.165) is 10.0 Å². The number of rotatable bonds is 6. The van der Waals surface area contributed by atoms with Crippen LogP contribution in [0.1, 0.15) is 33.3 Å². The Morgan fingerprint density at radius 1 is 1.33 bits per heavy atom. The second-order valence-electron chi connectivity index (χ2n) is 5.63. The highest BCUT2D eigenvalue weighted by atomic mass is 79.9. The molecule has 0 aliphatic heterocycles. The zero-order chi connectivity index (χ0) is 16.0. The summed E-state index contributed by atoms with van der Waals surface area (Å²) in [7, 11) is 0. The lowest BCUT2D eigenvalue weighted by molar-refractivity contribution is -0.124. The van der Waals surface area contributed by atoms with E-state index in [9.17, 15) is 4.79 Å². The maximum Gasteiger partial charge on any atom is 0.258 e. The van der Waals surface area contributed by atoms with Crippen LogP contribution in [0, 0.1) is 0 Å². The predicted octanol–water partition coefficient (Wildman–Crippen LogP) is 2.60. The Morgan fingerprint density at radius 3 is 2.52 bits per heavy atom. The summed E-state index contributed by atoms with van der Waals surface area (Å²) in [4.78, 5) is 11.8. The molecule has 1 amide bonds. The van der Waals surface area contributed by atoms with Gasteiger partial charge < -0.3 is 20.5 Å². The number of halogens is 1. The molecule has 0 saturated heterocycles. The Morgan fingerprint density at radius 2 is 2.00 bits per heavy atom. The molecule has 3 N–H and O–H groups in total. The lowest BCUT2D eigenvalue weighted by Crippen LogP contribution is -2.43. The molecule has 0 fully saturated rings. The fourth-order valence-corrected chi connectivity index (χ4v) is 2.34. The zero-order valence-electron chi connectivity index (χ0n) is 13.0. The highest BCUT2D eigenvalue weighted by Gasteiger charge is 2.17. The molecule has 0 radical (unpaired) electrons. The van der Waals surface area contributed by atoms with Crippen LogP contribution in [-0.4, -0.2) is 24.7 Å². The minimum atomic E-state index is -0.288. The van der Waals surface area contributed by atoms with Crippen molar-refractivity contribution in [1.82, 2.24) is 5.32 Å². The fourth-order valence-electron chi connectivity index (χ4n) is 1.73. The normalized spacial score (nSPS) is 11.1. The maximum atomic E-state index is 11.8. The second kappa shape index (κ2) is 7.66. The first kappa shape index (κ1) is 17.8. The maximum absolute atomic E-state index is 11.8. The summed E-state index contributed by atoms with van der Waals surface area (Å²) >= 11 is 3.43. The molecular formula is C15H23BrN2O3.